The summed E-state index contributed by atoms with van der Waals surface area (Å²) in [6, 6.07) is 0.0361. The maximum Gasteiger partial charge on any atom is 0.239 e. The summed E-state index contributed by atoms with van der Waals surface area (Å²) in [5.74, 6) is 0.253. The zero-order valence-electron chi connectivity index (χ0n) is 10.4. The fourth-order valence-electron chi connectivity index (χ4n) is 2.18. The summed E-state index contributed by atoms with van der Waals surface area (Å²) in [5, 5.41) is 3.35. The van der Waals surface area contributed by atoms with Crippen LogP contribution < -0.4 is 5.32 Å². The van der Waals surface area contributed by atoms with E-state index < -0.39 is 0 Å². The Morgan fingerprint density at radius 1 is 1.50 bits per heavy atom. The molecule has 1 aliphatic heterocycles. The van der Waals surface area contributed by atoms with E-state index in [9.17, 15) is 4.79 Å². The molecule has 1 atom stereocenters. The van der Waals surface area contributed by atoms with Gasteiger partial charge in [0.15, 0.2) is 0 Å². The lowest BCUT2D eigenvalue weighted by molar-refractivity contribution is -0.133. The molecule has 0 saturated carbocycles. The van der Waals surface area contributed by atoms with Gasteiger partial charge in [-0.1, -0.05) is 25.8 Å². The van der Waals surface area contributed by atoms with Crippen LogP contribution >= 0.6 is 0 Å². The van der Waals surface area contributed by atoms with E-state index in [-0.39, 0.29) is 11.9 Å². The second-order valence-electron chi connectivity index (χ2n) is 4.43. The molecule has 0 aliphatic carbocycles. The minimum absolute atomic E-state index is 0.0361. The van der Waals surface area contributed by atoms with Crippen LogP contribution in [0.5, 0.6) is 0 Å². The van der Waals surface area contributed by atoms with Crippen molar-refractivity contribution in [3.05, 3.63) is 12.7 Å². The Balaban J connectivity index is 2.53. The van der Waals surface area contributed by atoms with Crippen LogP contribution in [0.3, 0.4) is 0 Å². The van der Waals surface area contributed by atoms with Gasteiger partial charge in [0.2, 0.25) is 5.91 Å². The van der Waals surface area contributed by atoms with Gasteiger partial charge in [0.25, 0.3) is 0 Å². The second kappa shape index (κ2) is 7.44. The average molecular weight is 224 g/mol. The molecule has 0 aromatic heterocycles. The van der Waals surface area contributed by atoms with Crippen LogP contribution in [0.1, 0.15) is 39.0 Å². The van der Waals surface area contributed by atoms with Crippen LogP contribution in [0.15, 0.2) is 12.7 Å². The first-order chi connectivity index (χ1) is 7.79. The Morgan fingerprint density at radius 2 is 2.31 bits per heavy atom. The van der Waals surface area contributed by atoms with Crippen LogP contribution in [-0.4, -0.2) is 36.5 Å². The van der Waals surface area contributed by atoms with E-state index in [4.69, 9.17) is 0 Å². The lowest BCUT2D eigenvalue weighted by Crippen LogP contribution is -2.46. The van der Waals surface area contributed by atoms with Crippen molar-refractivity contribution in [2.24, 2.45) is 0 Å². The molecule has 1 amide bonds. The van der Waals surface area contributed by atoms with Gasteiger partial charge in [0, 0.05) is 13.1 Å². The van der Waals surface area contributed by atoms with Gasteiger partial charge in [-0.3, -0.25) is 4.79 Å². The number of nitrogens with one attached hydrogen (secondary N) is 1. The predicted octanol–water partition coefficient (Wildman–Crippen LogP) is 1.94. The lowest BCUT2D eigenvalue weighted by atomic mass is 10.1. The summed E-state index contributed by atoms with van der Waals surface area (Å²) in [5.41, 5.74) is 0. The molecule has 3 heteroatoms. The van der Waals surface area contributed by atoms with E-state index in [0.717, 1.165) is 32.4 Å². The molecular formula is C13H24N2O. The highest BCUT2D eigenvalue weighted by Gasteiger charge is 2.23. The normalized spacial score (nSPS) is 21.2. The highest BCUT2D eigenvalue weighted by molar-refractivity contribution is 5.82. The minimum Gasteiger partial charge on any atom is -0.338 e. The van der Waals surface area contributed by atoms with Gasteiger partial charge in [-0.25, -0.2) is 0 Å². The van der Waals surface area contributed by atoms with Crippen LogP contribution in [-0.2, 0) is 4.79 Å². The molecule has 1 heterocycles. The first kappa shape index (κ1) is 13.2. The van der Waals surface area contributed by atoms with Crippen molar-refractivity contribution in [2.45, 2.75) is 45.1 Å². The Morgan fingerprint density at radius 3 is 3.00 bits per heavy atom. The van der Waals surface area contributed by atoms with Gasteiger partial charge in [0.05, 0.1) is 6.04 Å². The molecular weight excluding hydrogens is 200 g/mol. The molecule has 0 aromatic rings. The number of hydrogen-bond acceptors (Lipinski definition) is 2. The molecule has 16 heavy (non-hydrogen) atoms. The van der Waals surface area contributed by atoms with Crippen LogP contribution in [0.4, 0.5) is 0 Å². The minimum atomic E-state index is 0.0361. The number of hydrogen-bond donors (Lipinski definition) is 1. The lowest BCUT2D eigenvalue weighted by Gasteiger charge is -2.25. The number of nitrogens with zero attached hydrogens (tertiary/aromatic N) is 1. The molecule has 0 radical (unpaired) electrons. The van der Waals surface area contributed by atoms with Crippen molar-refractivity contribution in [3.8, 4) is 0 Å². The first-order valence-electron chi connectivity index (χ1n) is 6.42. The Bertz CT molecular complexity index is 220. The van der Waals surface area contributed by atoms with Gasteiger partial charge in [-0.2, -0.15) is 0 Å². The summed E-state index contributed by atoms with van der Waals surface area (Å²) in [6.45, 7) is 8.30. The zero-order chi connectivity index (χ0) is 11.8. The average Bonchev–Trinajstić information content (AvgIpc) is 2.56. The van der Waals surface area contributed by atoms with E-state index in [1.807, 2.05) is 11.0 Å². The van der Waals surface area contributed by atoms with Crippen LogP contribution in [0.25, 0.3) is 0 Å². The van der Waals surface area contributed by atoms with Crippen molar-refractivity contribution >= 4 is 5.91 Å². The molecule has 0 aromatic carbocycles. The maximum absolute atomic E-state index is 12.2. The third-order valence-corrected chi connectivity index (χ3v) is 3.01. The van der Waals surface area contributed by atoms with Gasteiger partial charge in [-0.15, -0.1) is 6.58 Å². The van der Waals surface area contributed by atoms with Crippen molar-refractivity contribution in [2.75, 3.05) is 19.6 Å². The fourth-order valence-corrected chi connectivity index (χ4v) is 2.18. The molecule has 1 fully saturated rings. The largest absolute Gasteiger partial charge is 0.338 e. The fraction of sp³-hybridized carbons (Fsp3) is 0.769. The van der Waals surface area contributed by atoms with Gasteiger partial charge < -0.3 is 10.2 Å². The Labute approximate surface area is 98.9 Å². The number of carbonyl (C=O) groups is 1. The summed E-state index contributed by atoms with van der Waals surface area (Å²) < 4.78 is 0. The quantitative estimate of drug-likeness (QED) is 0.724. The zero-order valence-corrected chi connectivity index (χ0v) is 10.4. The molecule has 1 N–H and O–H groups in total. The monoisotopic (exact) mass is 224 g/mol. The van der Waals surface area contributed by atoms with Crippen LogP contribution in [0, 0.1) is 0 Å². The molecule has 1 aliphatic rings. The van der Waals surface area contributed by atoms with E-state index >= 15 is 0 Å². The molecule has 0 spiro atoms. The molecule has 92 valence electrons. The summed E-state index contributed by atoms with van der Waals surface area (Å²) in [4.78, 5) is 14.2. The third-order valence-electron chi connectivity index (χ3n) is 3.01. The summed E-state index contributed by atoms with van der Waals surface area (Å²) in [7, 11) is 0. The molecule has 1 rings (SSSR count). The highest BCUT2D eigenvalue weighted by atomic mass is 16.2. The SMILES string of the molecule is C=CCN(CCC)C(=O)C1CCCCCN1. The Kier molecular flexibility index (Phi) is 6.16. The van der Waals surface area contributed by atoms with Crippen LogP contribution in [0.2, 0.25) is 0 Å². The third kappa shape index (κ3) is 3.97. The van der Waals surface area contributed by atoms with E-state index in [1.54, 1.807) is 0 Å². The van der Waals surface area contributed by atoms with Crippen molar-refractivity contribution < 1.29 is 4.79 Å². The topological polar surface area (TPSA) is 32.3 Å². The summed E-state index contributed by atoms with van der Waals surface area (Å²) >= 11 is 0. The van der Waals surface area contributed by atoms with E-state index in [2.05, 4.69) is 18.8 Å². The maximum atomic E-state index is 12.2. The molecule has 1 saturated heterocycles. The van der Waals surface area contributed by atoms with Crippen molar-refractivity contribution in [1.29, 1.82) is 0 Å². The summed E-state index contributed by atoms with van der Waals surface area (Å²) in [6.07, 6.45) is 7.40. The number of rotatable bonds is 5. The Hall–Kier alpha value is -0.830. The van der Waals surface area contributed by atoms with Crippen molar-refractivity contribution in [1.82, 2.24) is 10.2 Å². The van der Waals surface area contributed by atoms with Crippen molar-refractivity contribution in [3.63, 3.8) is 0 Å². The van der Waals surface area contributed by atoms with Gasteiger partial charge in [-0.05, 0) is 25.8 Å². The number of amides is 1. The molecule has 3 nitrogen and oxygen atoms in total. The smallest absolute Gasteiger partial charge is 0.239 e. The number of carbonyl (C=O) groups excluding carboxylic acids is 1. The van der Waals surface area contributed by atoms with Gasteiger partial charge in [0.1, 0.15) is 0 Å². The highest BCUT2D eigenvalue weighted by Crippen LogP contribution is 2.11. The van der Waals surface area contributed by atoms with E-state index in [1.165, 1.54) is 12.8 Å². The van der Waals surface area contributed by atoms with E-state index in [0.29, 0.717) is 6.54 Å². The van der Waals surface area contributed by atoms with Gasteiger partial charge >= 0.3 is 0 Å². The molecule has 0 bridgehead atoms. The predicted molar refractivity (Wildman–Crippen MR) is 67.3 cm³/mol. The standard InChI is InChI=1S/C13H24N2O/c1-3-10-15(11-4-2)13(16)12-8-6-5-7-9-14-12/h3,12,14H,1,4-11H2,2H3. The second-order valence-corrected chi connectivity index (χ2v) is 4.43. The molecule has 1 unspecified atom stereocenters. The first-order valence-corrected chi connectivity index (χ1v) is 6.42.